The molecule has 66 valence electrons. The van der Waals surface area contributed by atoms with E-state index in [0.29, 0.717) is 0 Å². The van der Waals surface area contributed by atoms with Crippen LogP contribution in [0.25, 0.3) is 0 Å². The van der Waals surface area contributed by atoms with Crippen LogP contribution in [0.3, 0.4) is 0 Å². The lowest BCUT2D eigenvalue weighted by molar-refractivity contribution is -0.139. The van der Waals surface area contributed by atoms with Crippen LogP contribution in [0, 0.1) is 0 Å². The summed E-state index contributed by atoms with van der Waals surface area (Å²) in [6.45, 7) is 1.71. The Morgan fingerprint density at radius 1 is 1.75 bits per heavy atom. The summed E-state index contributed by atoms with van der Waals surface area (Å²) in [5, 5.41) is 12.5. The van der Waals surface area contributed by atoms with E-state index >= 15 is 0 Å². The molecule has 0 saturated heterocycles. The third-order valence-corrected chi connectivity index (χ3v) is 1.75. The molecule has 0 aromatic carbocycles. The summed E-state index contributed by atoms with van der Waals surface area (Å²) in [4.78, 5) is 10.5. The highest BCUT2D eigenvalue weighted by molar-refractivity contribution is 5.73. The van der Waals surface area contributed by atoms with Crippen LogP contribution in [-0.2, 0) is 4.79 Å². The topological polar surface area (TPSA) is 81.1 Å². The van der Waals surface area contributed by atoms with Crippen molar-refractivity contribution in [2.45, 2.75) is 19.0 Å². The molecule has 0 bridgehead atoms. The Bertz CT molecular complexity index is 258. The Balaban J connectivity index is 2.71. The molecule has 1 rings (SSSR count). The Morgan fingerprint density at radius 2 is 2.42 bits per heavy atom. The minimum absolute atomic E-state index is 0.322. The van der Waals surface area contributed by atoms with Crippen molar-refractivity contribution in [1.82, 2.24) is 9.78 Å². The average Bonchev–Trinajstić information content (AvgIpc) is 2.53. The summed E-state index contributed by atoms with van der Waals surface area (Å²) in [5.74, 6) is -1.02. The summed E-state index contributed by atoms with van der Waals surface area (Å²) in [6.07, 6.45) is 3.28. The van der Waals surface area contributed by atoms with Crippen molar-refractivity contribution in [3.63, 3.8) is 0 Å². The van der Waals surface area contributed by atoms with Crippen LogP contribution in [0.2, 0.25) is 0 Å². The first-order valence-corrected chi connectivity index (χ1v) is 3.60. The van der Waals surface area contributed by atoms with E-state index in [4.69, 9.17) is 10.8 Å². The molecule has 0 amide bonds. The zero-order valence-electron chi connectivity index (χ0n) is 6.71. The molecule has 5 heteroatoms. The molecule has 1 aromatic rings. The normalized spacial score (nSPS) is 15.5. The van der Waals surface area contributed by atoms with Crippen molar-refractivity contribution in [1.29, 1.82) is 0 Å². The minimum atomic E-state index is -1.02. The molecular weight excluding hydrogens is 158 g/mol. The van der Waals surface area contributed by atoms with E-state index in [2.05, 4.69) is 5.10 Å². The van der Waals surface area contributed by atoms with Crippen LogP contribution in [0.5, 0.6) is 0 Å². The quantitative estimate of drug-likeness (QED) is 0.659. The number of nitrogens with two attached hydrogens (primary N) is 1. The molecule has 0 spiro atoms. The van der Waals surface area contributed by atoms with Crippen LogP contribution in [0.15, 0.2) is 18.5 Å². The monoisotopic (exact) mass is 169 g/mol. The van der Waals surface area contributed by atoms with Crippen molar-refractivity contribution >= 4 is 5.97 Å². The zero-order valence-corrected chi connectivity index (χ0v) is 6.71. The molecule has 0 saturated carbocycles. The van der Waals surface area contributed by atoms with E-state index < -0.39 is 12.0 Å². The van der Waals surface area contributed by atoms with E-state index in [-0.39, 0.29) is 6.04 Å². The lowest BCUT2D eigenvalue weighted by Gasteiger charge is -2.15. The molecule has 1 heterocycles. The third kappa shape index (κ3) is 1.62. The molecule has 0 radical (unpaired) electrons. The highest BCUT2D eigenvalue weighted by Gasteiger charge is 2.21. The van der Waals surface area contributed by atoms with Crippen LogP contribution in [0.4, 0.5) is 0 Å². The van der Waals surface area contributed by atoms with Gasteiger partial charge in [0.1, 0.15) is 6.04 Å². The zero-order chi connectivity index (χ0) is 9.14. The average molecular weight is 169 g/mol. The van der Waals surface area contributed by atoms with Crippen molar-refractivity contribution in [2.75, 3.05) is 0 Å². The number of carboxylic acid groups (broad SMARTS) is 1. The summed E-state index contributed by atoms with van der Waals surface area (Å²) in [7, 11) is 0. The van der Waals surface area contributed by atoms with Gasteiger partial charge in [0.2, 0.25) is 0 Å². The molecule has 0 aliphatic rings. The largest absolute Gasteiger partial charge is 0.480 e. The van der Waals surface area contributed by atoms with E-state index in [0.717, 1.165) is 0 Å². The number of aromatic nitrogens is 2. The number of nitrogens with zero attached hydrogens (tertiary/aromatic N) is 2. The Morgan fingerprint density at radius 3 is 2.83 bits per heavy atom. The maximum atomic E-state index is 10.5. The molecule has 0 aliphatic heterocycles. The minimum Gasteiger partial charge on any atom is -0.480 e. The first-order chi connectivity index (χ1) is 5.63. The second-order valence-electron chi connectivity index (χ2n) is 2.59. The fourth-order valence-corrected chi connectivity index (χ4v) is 0.892. The molecule has 0 fully saturated rings. The van der Waals surface area contributed by atoms with E-state index in [1.807, 2.05) is 0 Å². The first kappa shape index (κ1) is 8.73. The van der Waals surface area contributed by atoms with E-state index in [1.165, 1.54) is 4.68 Å². The molecule has 5 nitrogen and oxygen atoms in total. The lowest BCUT2D eigenvalue weighted by atomic mass is 10.1. The van der Waals surface area contributed by atoms with E-state index in [9.17, 15) is 4.79 Å². The third-order valence-electron chi connectivity index (χ3n) is 1.75. The van der Waals surface area contributed by atoms with Gasteiger partial charge >= 0.3 is 5.97 Å². The molecule has 2 atom stereocenters. The predicted octanol–water partition coefficient (Wildman–Crippen LogP) is -0.144. The fourth-order valence-electron chi connectivity index (χ4n) is 0.892. The summed E-state index contributed by atoms with van der Waals surface area (Å²) >= 11 is 0. The SMILES string of the molecule is CC(C(N)C(=O)O)n1cccn1. The van der Waals surface area contributed by atoms with Crippen LogP contribution in [-0.4, -0.2) is 26.9 Å². The van der Waals surface area contributed by atoms with Gasteiger partial charge in [-0.05, 0) is 13.0 Å². The standard InChI is InChI=1S/C7H11N3O2/c1-5(6(8)7(11)12)10-4-2-3-9-10/h2-6H,8H2,1H3,(H,11,12). The molecule has 2 unspecified atom stereocenters. The molecule has 3 N–H and O–H groups in total. The van der Waals surface area contributed by atoms with E-state index in [1.54, 1.807) is 25.4 Å². The number of hydrogen-bond donors (Lipinski definition) is 2. The number of rotatable bonds is 3. The number of hydrogen-bond acceptors (Lipinski definition) is 3. The van der Waals surface area contributed by atoms with Crippen LogP contribution < -0.4 is 5.73 Å². The number of carboxylic acids is 1. The van der Waals surface area contributed by atoms with Gasteiger partial charge in [-0.15, -0.1) is 0 Å². The van der Waals surface area contributed by atoms with Crippen molar-refractivity contribution in [2.24, 2.45) is 5.73 Å². The fraction of sp³-hybridized carbons (Fsp3) is 0.429. The second-order valence-corrected chi connectivity index (χ2v) is 2.59. The first-order valence-electron chi connectivity index (χ1n) is 3.60. The summed E-state index contributed by atoms with van der Waals surface area (Å²) < 4.78 is 1.53. The highest BCUT2D eigenvalue weighted by atomic mass is 16.4. The van der Waals surface area contributed by atoms with Crippen molar-refractivity contribution in [3.05, 3.63) is 18.5 Å². The van der Waals surface area contributed by atoms with Gasteiger partial charge in [-0.25, -0.2) is 0 Å². The molecule has 0 aliphatic carbocycles. The molecular formula is C7H11N3O2. The van der Waals surface area contributed by atoms with Gasteiger partial charge in [0.15, 0.2) is 0 Å². The molecule has 1 aromatic heterocycles. The van der Waals surface area contributed by atoms with Gasteiger partial charge in [0.05, 0.1) is 6.04 Å². The van der Waals surface area contributed by atoms with Gasteiger partial charge in [-0.3, -0.25) is 9.48 Å². The maximum Gasteiger partial charge on any atom is 0.322 e. The number of carbonyl (C=O) groups is 1. The summed E-state index contributed by atoms with van der Waals surface area (Å²) in [6, 6.07) is 0.493. The Hall–Kier alpha value is -1.36. The van der Waals surface area contributed by atoms with Gasteiger partial charge in [-0.1, -0.05) is 0 Å². The second kappa shape index (κ2) is 3.36. The van der Waals surface area contributed by atoms with Gasteiger partial charge in [0.25, 0.3) is 0 Å². The highest BCUT2D eigenvalue weighted by Crippen LogP contribution is 2.06. The van der Waals surface area contributed by atoms with Crippen molar-refractivity contribution in [3.8, 4) is 0 Å². The van der Waals surface area contributed by atoms with Gasteiger partial charge in [0, 0.05) is 12.4 Å². The molecule has 12 heavy (non-hydrogen) atoms. The van der Waals surface area contributed by atoms with Gasteiger partial charge < -0.3 is 10.8 Å². The Labute approximate surface area is 69.8 Å². The maximum absolute atomic E-state index is 10.5. The predicted molar refractivity (Wildman–Crippen MR) is 42.5 cm³/mol. The Kier molecular flexibility index (Phi) is 2.44. The van der Waals surface area contributed by atoms with Crippen molar-refractivity contribution < 1.29 is 9.90 Å². The van der Waals surface area contributed by atoms with Crippen LogP contribution in [0.1, 0.15) is 13.0 Å². The number of aliphatic carboxylic acids is 1. The summed E-state index contributed by atoms with van der Waals surface area (Å²) in [5.41, 5.74) is 5.39. The van der Waals surface area contributed by atoms with Gasteiger partial charge in [-0.2, -0.15) is 5.10 Å². The smallest absolute Gasteiger partial charge is 0.322 e. The van der Waals surface area contributed by atoms with Crippen LogP contribution >= 0.6 is 0 Å². The lowest BCUT2D eigenvalue weighted by Crippen LogP contribution is -2.38.